The Morgan fingerprint density at radius 2 is 1.93 bits per heavy atom. The van der Waals surface area contributed by atoms with Crippen LogP contribution in [0.15, 0.2) is 48.1 Å². The first kappa shape index (κ1) is 8.75. The lowest BCUT2D eigenvalue weighted by atomic mass is 10.0. The van der Waals surface area contributed by atoms with Crippen molar-refractivity contribution in [2.75, 3.05) is 0 Å². The molecule has 0 bridgehead atoms. The standard InChI is InChI=1S/C12H10O2/c13-11-7-5-10(6-8-11)12(14)9-3-1-2-4-9/h1-3,5-8,13H,4H2. The number of carbonyl (C=O) groups excluding carboxylic acids is 1. The van der Waals surface area contributed by atoms with Gasteiger partial charge in [0.2, 0.25) is 0 Å². The molecule has 1 aromatic rings. The molecule has 2 rings (SSSR count). The maximum Gasteiger partial charge on any atom is 0.189 e. The van der Waals surface area contributed by atoms with Crippen molar-refractivity contribution in [3.8, 4) is 5.75 Å². The van der Waals surface area contributed by atoms with Crippen LogP contribution in [0.4, 0.5) is 0 Å². The van der Waals surface area contributed by atoms with E-state index in [-0.39, 0.29) is 11.5 Å². The van der Waals surface area contributed by atoms with Crippen molar-refractivity contribution in [3.05, 3.63) is 53.6 Å². The Bertz CT molecular complexity index is 410. The van der Waals surface area contributed by atoms with E-state index in [1.807, 2.05) is 18.2 Å². The summed E-state index contributed by atoms with van der Waals surface area (Å²) in [7, 11) is 0. The fourth-order valence-electron chi connectivity index (χ4n) is 1.41. The van der Waals surface area contributed by atoms with Crippen molar-refractivity contribution >= 4 is 5.78 Å². The highest BCUT2D eigenvalue weighted by molar-refractivity contribution is 6.09. The number of rotatable bonds is 2. The predicted octanol–water partition coefficient (Wildman–Crippen LogP) is 2.46. The maximum atomic E-state index is 11.8. The summed E-state index contributed by atoms with van der Waals surface area (Å²) in [6, 6.07) is 6.32. The average Bonchev–Trinajstić information content (AvgIpc) is 2.71. The molecule has 14 heavy (non-hydrogen) atoms. The third-order valence-corrected chi connectivity index (χ3v) is 2.19. The first-order chi connectivity index (χ1) is 6.77. The molecule has 70 valence electrons. The molecule has 0 spiro atoms. The largest absolute Gasteiger partial charge is 0.508 e. The van der Waals surface area contributed by atoms with Crippen LogP contribution in [0.3, 0.4) is 0 Å². The average molecular weight is 186 g/mol. The van der Waals surface area contributed by atoms with Crippen molar-refractivity contribution in [1.82, 2.24) is 0 Å². The Hall–Kier alpha value is -1.83. The normalized spacial score (nSPS) is 14.1. The van der Waals surface area contributed by atoms with Gasteiger partial charge < -0.3 is 5.11 Å². The first-order valence-electron chi connectivity index (χ1n) is 4.47. The Kier molecular flexibility index (Phi) is 2.19. The molecular weight excluding hydrogens is 176 g/mol. The number of phenolic OH excluding ortho intramolecular Hbond substituents is 1. The summed E-state index contributed by atoms with van der Waals surface area (Å²) in [5.41, 5.74) is 1.42. The first-order valence-corrected chi connectivity index (χ1v) is 4.47. The Morgan fingerprint density at radius 3 is 2.50 bits per heavy atom. The van der Waals surface area contributed by atoms with E-state index >= 15 is 0 Å². The van der Waals surface area contributed by atoms with Gasteiger partial charge in [-0.15, -0.1) is 0 Å². The number of Topliss-reactive ketones (excluding diaryl/α,β-unsaturated/α-hetero) is 1. The summed E-state index contributed by atoms with van der Waals surface area (Å²) in [5.74, 6) is 0.218. The fraction of sp³-hybridized carbons (Fsp3) is 0.0833. The minimum absolute atomic E-state index is 0.0370. The monoisotopic (exact) mass is 186 g/mol. The quantitative estimate of drug-likeness (QED) is 0.720. The number of allylic oxidation sites excluding steroid dienone is 4. The van der Waals surface area contributed by atoms with Gasteiger partial charge in [0.15, 0.2) is 5.78 Å². The van der Waals surface area contributed by atoms with Crippen LogP contribution in [0.25, 0.3) is 0 Å². The van der Waals surface area contributed by atoms with Crippen molar-refractivity contribution in [3.63, 3.8) is 0 Å². The van der Waals surface area contributed by atoms with Crippen molar-refractivity contribution in [1.29, 1.82) is 0 Å². The second-order valence-electron chi connectivity index (χ2n) is 3.20. The van der Waals surface area contributed by atoms with Crippen LogP contribution in [0.1, 0.15) is 16.8 Å². The summed E-state index contributed by atoms with van der Waals surface area (Å²) in [6.45, 7) is 0. The minimum atomic E-state index is 0.0370. The van der Waals surface area contributed by atoms with Crippen LogP contribution in [0.2, 0.25) is 0 Å². The topological polar surface area (TPSA) is 37.3 Å². The maximum absolute atomic E-state index is 11.8. The molecule has 2 nitrogen and oxygen atoms in total. The van der Waals surface area contributed by atoms with Crippen LogP contribution < -0.4 is 0 Å². The summed E-state index contributed by atoms with van der Waals surface area (Å²) in [6.07, 6.45) is 6.37. The van der Waals surface area contributed by atoms with Gasteiger partial charge in [-0.3, -0.25) is 4.79 Å². The van der Waals surface area contributed by atoms with E-state index < -0.39 is 0 Å². The highest BCUT2D eigenvalue weighted by Gasteiger charge is 2.12. The molecule has 1 aromatic carbocycles. The molecular formula is C12H10O2. The van der Waals surface area contributed by atoms with Crippen LogP contribution in [0, 0.1) is 0 Å². The summed E-state index contributed by atoms with van der Waals surface area (Å²) in [4.78, 5) is 11.8. The molecule has 0 aromatic heterocycles. The molecule has 1 aliphatic rings. The number of carbonyl (C=O) groups is 1. The van der Waals surface area contributed by atoms with Gasteiger partial charge in [-0.1, -0.05) is 18.2 Å². The predicted molar refractivity (Wildman–Crippen MR) is 54.3 cm³/mol. The Labute approximate surface area is 82.2 Å². The molecule has 0 heterocycles. The van der Waals surface area contributed by atoms with Crippen LogP contribution >= 0.6 is 0 Å². The third-order valence-electron chi connectivity index (χ3n) is 2.19. The lowest BCUT2D eigenvalue weighted by Crippen LogP contribution is -2.00. The van der Waals surface area contributed by atoms with Gasteiger partial charge in [-0.05, 0) is 30.7 Å². The van der Waals surface area contributed by atoms with Gasteiger partial charge in [0.05, 0.1) is 0 Å². The summed E-state index contributed by atoms with van der Waals surface area (Å²) < 4.78 is 0. The van der Waals surface area contributed by atoms with Crippen molar-refractivity contribution in [2.45, 2.75) is 6.42 Å². The van der Waals surface area contributed by atoms with Gasteiger partial charge in [-0.2, -0.15) is 0 Å². The number of benzene rings is 1. The zero-order valence-electron chi connectivity index (χ0n) is 7.60. The highest BCUT2D eigenvalue weighted by atomic mass is 16.3. The van der Waals surface area contributed by atoms with Gasteiger partial charge in [0, 0.05) is 11.1 Å². The molecule has 1 aliphatic carbocycles. The molecule has 0 atom stereocenters. The van der Waals surface area contributed by atoms with Crippen LogP contribution in [-0.4, -0.2) is 10.9 Å². The van der Waals surface area contributed by atoms with Crippen molar-refractivity contribution < 1.29 is 9.90 Å². The van der Waals surface area contributed by atoms with E-state index in [2.05, 4.69) is 0 Å². The minimum Gasteiger partial charge on any atom is -0.508 e. The smallest absolute Gasteiger partial charge is 0.189 e. The van der Waals surface area contributed by atoms with Gasteiger partial charge in [0.25, 0.3) is 0 Å². The zero-order valence-corrected chi connectivity index (χ0v) is 7.60. The molecule has 0 radical (unpaired) electrons. The fourth-order valence-corrected chi connectivity index (χ4v) is 1.41. The van der Waals surface area contributed by atoms with Crippen LogP contribution in [0.5, 0.6) is 5.75 Å². The number of hydrogen-bond donors (Lipinski definition) is 1. The van der Waals surface area contributed by atoms with Gasteiger partial charge in [-0.25, -0.2) is 0 Å². The molecule has 0 saturated heterocycles. The van der Waals surface area contributed by atoms with Gasteiger partial charge in [0.1, 0.15) is 5.75 Å². The van der Waals surface area contributed by atoms with E-state index in [1.54, 1.807) is 12.1 Å². The van der Waals surface area contributed by atoms with E-state index in [9.17, 15) is 4.79 Å². The Balaban J connectivity index is 2.23. The van der Waals surface area contributed by atoms with Crippen LogP contribution in [-0.2, 0) is 0 Å². The zero-order chi connectivity index (χ0) is 9.97. The number of phenols is 1. The molecule has 2 heteroatoms. The lowest BCUT2D eigenvalue weighted by Gasteiger charge is -2.01. The summed E-state index contributed by atoms with van der Waals surface area (Å²) >= 11 is 0. The number of ketones is 1. The molecule has 0 saturated carbocycles. The van der Waals surface area contributed by atoms with E-state index in [1.165, 1.54) is 12.1 Å². The van der Waals surface area contributed by atoms with Crippen molar-refractivity contribution in [2.24, 2.45) is 0 Å². The number of hydrogen-bond acceptors (Lipinski definition) is 2. The third kappa shape index (κ3) is 1.59. The molecule has 1 N–H and O–H groups in total. The second kappa shape index (κ2) is 3.50. The number of aromatic hydroxyl groups is 1. The molecule has 0 aliphatic heterocycles. The molecule has 0 unspecified atom stereocenters. The van der Waals surface area contributed by atoms with E-state index in [0.717, 1.165) is 5.57 Å². The van der Waals surface area contributed by atoms with Gasteiger partial charge >= 0.3 is 0 Å². The van der Waals surface area contributed by atoms with E-state index in [0.29, 0.717) is 12.0 Å². The lowest BCUT2D eigenvalue weighted by molar-refractivity contribution is 0.103. The molecule has 0 fully saturated rings. The molecule has 0 amide bonds. The second-order valence-corrected chi connectivity index (χ2v) is 3.20. The van der Waals surface area contributed by atoms with E-state index in [4.69, 9.17) is 5.11 Å². The highest BCUT2D eigenvalue weighted by Crippen LogP contribution is 2.18. The summed E-state index contributed by atoms with van der Waals surface area (Å²) in [5, 5.41) is 9.07. The Morgan fingerprint density at radius 1 is 1.21 bits per heavy atom. The SMILES string of the molecule is O=C(C1=CC=CC1)c1ccc(O)cc1.